The van der Waals surface area contributed by atoms with E-state index in [-0.39, 0.29) is 11.8 Å². The van der Waals surface area contributed by atoms with Gasteiger partial charge in [0.25, 0.3) is 5.91 Å². The van der Waals surface area contributed by atoms with Crippen LogP contribution in [-0.4, -0.2) is 61.4 Å². The summed E-state index contributed by atoms with van der Waals surface area (Å²) in [6, 6.07) is 13.4. The summed E-state index contributed by atoms with van der Waals surface area (Å²) in [6.07, 6.45) is 4.27. The molecule has 1 N–H and O–H groups in total. The Hall–Kier alpha value is -3.12. The maximum Gasteiger partial charge on any atom is 0.253 e. The van der Waals surface area contributed by atoms with Gasteiger partial charge in [-0.15, -0.1) is 0 Å². The Bertz CT molecular complexity index is 945. The van der Waals surface area contributed by atoms with Gasteiger partial charge in [0.15, 0.2) is 0 Å². The molecule has 0 atom stereocenters. The molecule has 4 rings (SSSR count). The minimum atomic E-state index is -0.149. The minimum Gasteiger partial charge on any atom is -0.493 e. The van der Waals surface area contributed by atoms with Crippen LogP contribution in [0.5, 0.6) is 5.75 Å². The molecule has 6 nitrogen and oxygen atoms in total. The zero-order valence-electron chi connectivity index (χ0n) is 17.3. The van der Waals surface area contributed by atoms with E-state index in [1.165, 1.54) is 5.56 Å². The van der Waals surface area contributed by atoms with Crippen LogP contribution in [0.3, 0.4) is 0 Å². The van der Waals surface area contributed by atoms with Gasteiger partial charge in [0, 0.05) is 50.8 Å². The molecule has 2 aromatic rings. The van der Waals surface area contributed by atoms with Gasteiger partial charge in [-0.05, 0) is 54.1 Å². The number of rotatable bonds is 5. The standard InChI is InChI=1S/C24H27N3O3/c1-26-11-13-27(14-12-26)24(29)20-6-2-19(3-7-20)17-25-23(28)9-5-18-4-8-22-21(16-18)10-15-30-22/h2-9,16H,10-15,17H2,1H3,(H,25,28)/b9-5+. The van der Waals surface area contributed by atoms with Crippen molar-refractivity contribution >= 4 is 17.9 Å². The fourth-order valence-corrected chi connectivity index (χ4v) is 3.69. The highest BCUT2D eigenvalue weighted by Gasteiger charge is 2.20. The fraction of sp³-hybridized carbons (Fsp3) is 0.333. The van der Waals surface area contributed by atoms with Crippen LogP contribution in [0.1, 0.15) is 27.0 Å². The number of nitrogens with one attached hydrogen (secondary N) is 1. The van der Waals surface area contributed by atoms with E-state index < -0.39 is 0 Å². The summed E-state index contributed by atoms with van der Waals surface area (Å²) in [4.78, 5) is 28.9. The van der Waals surface area contributed by atoms with Crippen LogP contribution in [0.25, 0.3) is 6.08 Å². The number of carbonyl (C=O) groups excluding carboxylic acids is 2. The van der Waals surface area contributed by atoms with Gasteiger partial charge >= 0.3 is 0 Å². The first-order chi connectivity index (χ1) is 14.6. The van der Waals surface area contributed by atoms with Gasteiger partial charge < -0.3 is 19.9 Å². The Morgan fingerprint density at radius 3 is 2.60 bits per heavy atom. The number of carbonyl (C=O) groups is 2. The molecule has 0 unspecified atom stereocenters. The monoisotopic (exact) mass is 405 g/mol. The molecule has 0 aliphatic carbocycles. The van der Waals surface area contributed by atoms with E-state index in [1.54, 1.807) is 6.08 Å². The molecule has 0 aromatic heterocycles. The maximum atomic E-state index is 12.6. The molecule has 0 spiro atoms. The van der Waals surface area contributed by atoms with Crippen molar-refractivity contribution < 1.29 is 14.3 Å². The third kappa shape index (κ3) is 4.89. The van der Waals surface area contributed by atoms with E-state index in [2.05, 4.69) is 23.3 Å². The molecule has 0 bridgehead atoms. The zero-order chi connectivity index (χ0) is 20.9. The summed E-state index contributed by atoms with van der Waals surface area (Å²) < 4.78 is 5.50. The molecule has 1 saturated heterocycles. The van der Waals surface area contributed by atoms with Crippen LogP contribution < -0.4 is 10.1 Å². The average molecular weight is 405 g/mol. The second-order valence-electron chi connectivity index (χ2n) is 7.81. The fourth-order valence-electron chi connectivity index (χ4n) is 3.69. The van der Waals surface area contributed by atoms with E-state index in [0.717, 1.165) is 56.1 Å². The Balaban J connectivity index is 1.27. The lowest BCUT2D eigenvalue weighted by Gasteiger charge is -2.32. The maximum absolute atomic E-state index is 12.6. The Labute approximate surface area is 177 Å². The van der Waals surface area contributed by atoms with Crippen molar-refractivity contribution in [2.45, 2.75) is 13.0 Å². The van der Waals surface area contributed by atoms with Crippen molar-refractivity contribution in [3.63, 3.8) is 0 Å². The first-order valence-corrected chi connectivity index (χ1v) is 10.4. The van der Waals surface area contributed by atoms with Crippen molar-refractivity contribution in [3.05, 3.63) is 70.8 Å². The van der Waals surface area contributed by atoms with Gasteiger partial charge in [0.05, 0.1) is 6.61 Å². The van der Waals surface area contributed by atoms with Crippen LogP contribution in [-0.2, 0) is 17.8 Å². The number of hydrogen-bond donors (Lipinski definition) is 1. The van der Waals surface area contributed by atoms with Crippen molar-refractivity contribution in [2.75, 3.05) is 39.8 Å². The molecule has 0 saturated carbocycles. The Kier molecular flexibility index (Phi) is 6.14. The lowest BCUT2D eigenvalue weighted by atomic mass is 10.1. The molecule has 1 fully saturated rings. The Morgan fingerprint density at radius 2 is 1.83 bits per heavy atom. The predicted molar refractivity (Wildman–Crippen MR) is 116 cm³/mol. The molecule has 2 amide bonds. The molecule has 2 aliphatic heterocycles. The van der Waals surface area contributed by atoms with Crippen molar-refractivity contribution in [3.8, 4) is 5.75 Å². The number of piperazine rings is 1. The van der Waals surface area contributed by atoms with Crippen molar-refractivity contribution in [1.82, 2.24) is 15.1 Å². The zero-order valence-corrected chi connectivity index (χ0v) is 17.3. The van der Waals surface area contributed by atoms with E-state index in [1.807, 2.05) is 47.4 Å². The molecule has 156 valence electrons. The predicted octanol–water partition coefficient (Wildman–Crippen LogP) is 2.34. The van der Waals surface area contributed by atoms with Crippen LogP contribution in [0.2, 0.25) is 0 Å². The highest BCUT2D eigenvalue weighted by molar-refractivity contribution is 5.94. The van der Waals surface area contributed by atoms with Gasteiger partial charge in [0.2, 0.25) is 5.91 Å². The smallest absolute Gasteiger partial charge is 0.253 e. The first-order valence-electron chi connectivity index (χ1n) is 10.4. The van der Waals surface area contributed by atoms with Crippen LogP contribution in [0.15, 0.2) is 48.5 Å². The highest BCUT2D eigenvalue weighted by Crippen LogP contribution is 2.26. The lowest BCUT2D eigenvalue weighted by molar-refractivity contribution is -0.116. The number of benzene rings is 2. The number of ether oxygens (including phenoxy) is 1. The molecule has 0 radical (unpaired) electrons. The van der Waals surface area contributed by atoms with Crippen LogP contribution in [0, 0.1) is 0 Å². The second-order valence-corrected chi connectivity index (χ2v) is 7.81. The molecular weight excluding hydrogens is 378 g/mol. The topological polar surface area (TPSA) is 61.9 Å². The largest absolute Gasteiger partial charge is 0.493 e. The average Bonchev–Trinajstić information content (AvgIpc) is 3.24. The van der Waals surface area contributed by atoms with Gasteiger partial charge in [-0.1, -0.05) is 18.2 Å². The van der Waals surface area contributed by atoms with Gasteiger partial charge in [-0.2, -0.15) is 0 Å². The van der Waals surface area contributed by atoms with E-state index in [4.69, 9.17) is 4.74 Å². The molecule has 2 heterocycles. The first kappa shape index (κ1) is 20.2. The molecule has 2 aromatic carbocycles. The number of amides is 2. The summed E-state index contributed by atoms with van der Waals surface area (Å²) in [7, 11) is 2.07. The lowest BCUT2D eigenvalue weighted by Crippen LogP contribution is -2.47. The summed E-state index contributed by atoms with van der Waals surface area (Å²) in [5.41, 5.74) is 3.82. The molecule has 6 heteroatoms. The van der Waals surface area contributed by atoms with E-state index in [0.29, 0.717) is 12.1 Å². The van der Waals surface area contributed by atoms with Gasteiger partial charge in [-0.3, -0.25) is 9.59 Å². The van der Waals surface area contributed by atoms with E-state index in [9.17, 15) is 9.59 Å². The molecular formula is C24H27N3O3. The van der Waals surface area contributed by atoms with Crippen LogP contribution in [0.4, 0.5) is 0 Å². The highest BCUT2D eigenvalue weighted by atomic mass is 16.5. The summed E-state index contributed by atoms with van der Waals surface area (Å²) in [5, 5.41) is 2.89. The van der Waals surface area contributed by atoms with Crippen molar-refractivity contribution in [2.24, 2.45) is 0 Å². The summed E-state index contributed by atoms with van der Waals surface area (Å²) in [5.74, 6) is 0.858. The van der Waals surface area contributed by atoms with Crippen molar-refractivity contribution in [1.29, 1.82) is 0 Å². The second kappa shape index (κ2) is 9.13. The third-order valence-electron chi connectivity index (χ3n) is 5.60. The van der Waals surface area contributed by atoms with Crippen LogP contribution >= 0.6 is 0 Å². The van der Waals surface area contributed by atoms with E-state index >= 15 is 0 Å². The third-order valence-corrected chi connectivity index (χ3v) is 5.60. The normalized spacial score (nSPS) is 16.4. The van der Waals surface area contributed by atoms with Gasteiger partial charge in [0.1, 0.15) is 5.75 Å². The number of fused-ring (bicyclic) bond motifs is 1. The number of hydrogen-bond acceptors (Lipinski definition) is 4. The quantitative estimate of drug-likeness (QED) is 0.776. The molecule has 30 heavy (non-hydrogen) atoms. The Morgan fingerprint density at radius 1 is 1.07 bits per heavy atom. The molecule has 2 aliphatic rings. The number of nitrogens with zero attached hydrogens (tertiary/aromatic N) is 2. The minimum absolute atomic E-state index is 0.0707. The van der Waals surface area contributed by atoms with Gasteiger partial charge in [-0.25, -0.2) is 0 Å². The summed E-state index contributed by atoms with van der Waals surface area (Å²) >= 11 is 0. The number of likely N-dealkylation sites (N-methyl/N-ethyl adjacent to an activating group) is 1. The summed E-state index contributed by atoms with van der Waals surface area (Å²) in [6.45, 7) is 4.48. The SMILES string of the molecule is CN1CCN(C(=O)c2ccc(CNC(=O)/C=C/c3ccc4c(c3)CCO4)cc2)CC1.